The first-order valence-corrected chi connectivity index (χ1v) is 9.24. The Kier molecular flexibility index (Phi) is 6.90. The maximum atomic E-state index is 13.4. The summed E-state index contributed by atoms with van der Waals surface area (Å²) in [4.78, 5) is 11.1. The van der Waals surface area contributed by atoms with Crippen molar-refractivity contribution in [2.24, 2.45) is 5.92 Å². The molecule has 0 radical (unpaired) electrons. The average Bonchev–Trinajstić information content (AvgIpc) is 3.25. The number of hydrogen-bond donors (Lipinski definition) is 1. The normalized spacial score (nSPS) is 16.2. The molecule has 142 valence electrons. The molecule has 1 aliphatic rings. The molecule has 1 atom stereocenters. The van der Waals surface area contributed by atoms with Gasteiger partial charge in [-0.2, -0.15) is 18.3 Å². The first-order valence-electron chi connectivity index (χ1n) is 9.24. The second-order valence-corrected chi connectivity index (χ2v) is 6.97. The molecule has 1 aromatic heterocycles. The van der Waals surface area contributed by atoms with Crippen LogP contribution >= 0.6 is 0 Å². The molecule has 0 bridgehead atoms. The third-order valence-corrected chi connectivity index (χ3v) is 4.88. The molecule has 2 rings (SSSR count). The van der Waals surface area contributed by atoms with Crippen LogP contribution in [-0.2, 0) is 6.18 Å². The molecule has 1 saturated carbocycles. The number of nitrogens with zero attached hydrogens (tertiary/aromatic N) is 2. The van der Waals surface area contributed by atoms with Crippen LogP contribution < -0.4 is 0 Å². The van der Waals surface area contributed by atoms with Crippen LogP contribution in [0.3, 0.4) is 0 Å². The van der Waals surface area contributed by atoms with Gasteiger partial charge in [-0.25, -0.2) is 4.79 Å². The number of aromatic nitrogens is 2. The Morgan fingerprint density at radius 3 is 2.36 bits per heavy atom. The standard InChI is InChI=1S/C18H27F3N2O2/c1-2-3-4-5-6-7-8-9-15(13-10-11-13)23-16(18(19,20)21)14(12-22-23)17(24)25/h12-13,15H,2-11H2,1H3,(H,24,25). The molecule has 1 aliphatic carbocycles. The second-order valence-electron chi connectivity index (χ2n) is 6.97. The van der Waals surface area contributed by atoms with Crippen molar-refractivity contribution in [3.8, 4) is 0 Å². The molecule has 0 saturated heterocycles. The Labute approximate surface area is 146 Å². The fraction of sp³-hybridized carbons (Fsp3) is 0.778. The van der Waals surface area contributed by atoms with E-state index in [1.54, 1.807) is 0 Å². The molecule has 25 heavy (non-hydrogen) atoms. The predicted molar refractivity (Wildman–Crippen MR) is 88.6 cm³/mol. The number of alkyl halides is 3. The van der Waals surface area contributed by atoms with Gasteiger partial charge in [-0.1, -0.05) is 51.9 Å². The molecule has 1 aromatic rings. The van der Waals surface area contributed by atoms with Gasteiger partial charge in [-0.3, -0.25) is 4.68 Å². The van der Waals surface area contributed by atoms with Crippen LogP contribution in [0.5, 0.6) is 0 Å². The molecule has 1 fully saturated rings. The molecule has 0 spiro atoms. The van der Waals surface area contributed by atoms with Crippen LogP contribution in [0.15, 0.2) is 6.20 Å². The van der Waals surface area contributed by atoms with Crippen molar-refractivity contribution < 1.29 is 23.1 Å². The summed E-state index contributed by atoms with van der Waals surface area (Å²) in [5.41, 5.74) is -1.86. The highest BCUT2D eigenvalue weighted by Gasteiger charge is 2.44. The Bertz CT molecular complexity index is 565. The Morgan fingerprint density at radius 2 is 1.84 bits per heavy atom. The summed E-state index contributed by atoms with van der Waals surface area (Å²) in [5.74, 6) is -1.40. The Balaban J connectivity index is 2.02. The van der Waals surface area contributed by atoms with Gasteiger partial charge < -0.3 is 5.11 Å². The first kappa shape index (κ1) is 19.8. The van der Waals surface area contributed by atoms with E-state index in [-0.39, 0.29) is 12.0 Å². The molecule has 0 amide bonds. The van der Waals surface area contributed by atoms with Crippen LogP contribution in [-0.4, -0.2) is 20.9 Å². The van der Waals surface area contributed by atoms with E-state index in [2.05, 4.69) is 12.0 Å². The van der Waals surface area contributed by atoms with E-state index >= 15 is 0 Å². The third kappa shape index (κ3) is 5.47. The van der Waals surface area contributed by atoms with Gasteiger partial charge in [0.25, 0.3) is 0 Å². The summed E-state index contributed by atoms with van der Waals surface area (Å²) in [6.07, 6.45) is 6.28. The third-order valence-electron chi connectivity index (χ3n) is 4.88. The lowest BCUT2D eigenvalue weighted by Crippen LogP contribution is -2.23. The maximum absolute atomic E-state index is 13.4. The van der Waals surface area contributed by atoms with Crippen molar-refractivity contribution in [2.75, 3.05) is 0 Å². The zero-order chi connectivity index (χ0) is 18.4. The van der Waals surface area contributed by atoms with Gasteiger partial charge in [-0.15, -0.1) is 0 Å². The summed E-state index contributed by atoms with van der Waals surface area (Å²) >= 11 is 0. The number of unbranched alkanes of at least 4 members (excludes halogenated alkanes) is 6. The summed E-state index contributed by atoms with van der Waals surface area (Å²) in [7, 11) is 0. The quantitative estimate of drug-likeness (QED) is 0.516. The fourth-order valence-corrected chi connectivity index (χ4v) is 3.40. The van der Waals surface area contributed by atoms with Gasteiger partial charge in [0, 0.05) is 0 Å². The van der Waals surface area contributed by atoms with Crippen molar-refractivity contribution in [1.82, 2.24) is 9.78 Å². The highest BCUT2D eigenvalue weighted by molar-refractivity contribution is 5.88. The number of hydrogen-bond acceptors (Lipinski definition) is 2. The molecule has 7 heteroatoms. The van der Waals surface area contributed by atoms with Crippen molar-refractivity contribution in [2.45, 2.75) is 83.4 Å². The monoisotopic (exact) mass is 360 g/mol. The van der Waals surface area contributed by atoms with Gasteiger partial charge in [0.15, 0.2) is 5.69 Å². The minimum atomic E-state index is -4.71. The first-order chi connectivity index (χ1) is 11.9. The molecule has 4 nitrogen and oxygen atoms in total. The van der Waals surface area contributed by atoms with E-state index in [0.29, 0.717) is 6.42 Å². The molecule has 0 aromatic carbocycles. The number of halogens is 3. The molecular formula is C18H27F3N2O2. The Hall–Kier alpha value is -1.53. The minimum Gasteiger partial charge on any atom is -0.478 e. The van der Waals surface area contributed by atoms with E-state index in [9.17, 15) is 18.0 Å². The fourth-order valence-electron chi connectivity index (χ4n) is 3.40. The van der Waals surface area contributed by atoms with Crippen LogP contribution in [0.4, 0.5) is 13.2 Å². The predicted octanol–water partition coefficient (Wildman–Crippen LogP) is 5.69. The molecule has 1 N–H and O–H groups in total. The topological polar surface area (TPSA) is 55.1 Å². The molecular weight excluding hydrogens is 333 g/mol. The number of carbonyl (C=O) groups is 1. The summed E-state index contributed by atoms with van der Waals surface area (Å²) in [5, 5.41) is 12.9. The smallest absolute Gasteiger partial charge is 0.433 e. The van der Waals surface area contributed by atoms with E-state index in [1.165, 1.54) is 25.7 Å². The van der Waals surface area contributed by atoms with Crippen molar-refractivity contribution in [3.63, 3.8) is 0 Å². The average molecular weight is 360 g/mol. The van der Waals surface area contributed by atoms with Gasteiger partial charge in [0.05, 0.1) is 12.2 Å². The van der Waals surface area contributed by atoms with Gasteiger partial charge in [0.1, 0.15) is 5.56 Å². The van der Waals surface area contributed by atoms with E-state index in [1.807, 2.05) is 0 Å². The van der Waals surface area contributed by atoms with E-state index < -0.39 is 23.4 Å². The molecule has 0 aliphatic heterocycles. The minimum absolute atomic E-state index is 0.183. The van der Waals surface area contributed by atoms with Gasteiger partial charge in [-0.05, 0) is 25.2 Å². The van der Waals surface area contributed by atoms with Crippen molar-refractivity contribution >= 4 is 5.97 Å². The van der Waals surface area contributed by atoms with E-state index in [4.69, 9.17) is 5.11 Å². The van der Waals surface area contributed by atoms with Crippen LogP contribution in [0.2, 0.25) is 0 Å². The molecule has 1 unspecified atom stereocenters. The zero-order valence-corrected chi connectivity index (χ0v) is 14.7. The largest absolute Gasteiger partial charge is 0.478 e. The van der Waals surface area contributed by atoms with Crippen LogP contribution in [0.25, 0.3) is 0 Å². The highest BCUT2D eigenvalue weighted by atomic mass is 19.4. The number of carboxylic acid groups (broad SMARTS) is 1. The lowest BCUT2D eigenvalue weighted by molar-refractivity contribution is -0.145. The van der Waals surface area contributed by atoms with Crippen molar-refractivity contribution in [1.29, 1.82) is 0 Å². The lowest BCUT2D eigenvalue weighted by atomic mass is 10.0. The van der Waals surface area contributed by atoms with E-state index in [0.717, 1.165) is 43.0 Å². The van der Waals surface area contributed by atoms with Crippen LogP contribution in [0.1, 0.15) is 93.2 Å². The van der Waals surface area contributed by atoms with Gasteiger partial charge in [0.2, 0.25) is 0 Å². The lowest BCUT2D eigenvalue weighted by Gasteiger charge is -2.21. The highest BCUT2D eigenvalue weighted by Crippen LogP contribution is 2.45. The Morgan fingerprint density at radius 1 is 1.24 bits per heavy atom. The summed E-state index contributed by atoms with van der Waals surface area (Å²) in [6, 6.07) is -0.347. The summed E-state index contributed by atoms with van der Waals surface area (Å²) < 4.78 is 41.1. The van der Waals surface area contributed by atoms with Crippen LogP contribution in [0, 0.1) is 5.92 Å². The van der Waals surface area contributed by atoms with Gasteiger partial charge >= 0.3 is 12.1 Å². The maximum Gasteiger partial charge on any atom is 0.433 e. The summed E-state index contributed by atoms with van der Waals surface area (Å²) in [6.45, 7) is 2.16. The second kappa shape index (κ2) is 8.72. The number of aromatic carboxylic acids is 1. The zero-order valence-electron chi connectivity index (χ0n) is 14.7. The number of rotatable bonds is 11. The number of carboxylic acids is 1. The molecule has 1 heterocycles. The van der Waals surface area contributed by atoms with Crippen molar-refractivity contribution in [3.05, 3.63) is 17.5 Å². The SMILES string of the molecule is CCCCCCCCCC(C1CC1)n1ncc(C(=O)O)c1C(F)(F)F.